The van der Waals surface area contributed by atoms with Crippen molar-refractivity contribution in [2.75, 3.05) is 29.9 Å². The molecule has 0 fully saturated rings. The van der Waals surface area contributed by atoms with Crippen molar-refractivity contribution in [3.8, 4) is 0 Å². The van der Waals surface area contributed by atoms with Crippen molar-refractivity contribution >= 4 is 29.6 Å². The Morgan fingerprint density at radius 2 is 1.61 bits per heavy atom. The van der Waals surface area contributed by atoms with Crippen molar-refractivity contribution in [2.45, 2.75) is 79.2 Å². The molecular formula is C34H46N2O2. The summed E-state index contributed by atoms with van der Waals surface area (Å²) >= 11 is 0. The molecule has 0 saturated carbocycles. The molecule has 0 aromatic heterocycles. The van der Waals surface area contributed by atoms with E-state index in [1.165, 1.54) is 39.9 Å². The predicted octanol–water partition coefficient (Wildman–Crippen LogP) is 8.68. The largest absolute Gasteiger partial charge is 0.443 e. The zero-order valence-electron chi connectivity index (χ0n) is 24.7. The first-order valence-corrected chi connectivity index (χ1v) is 14.3. The Morgan fingerprint density at radius 3 is 2.26 bits per heavy atom. The average molecular weight is 515 g/mol. The second kappa shape index (κ2) is 11.4. The lowest BCUT2D eigenvalue weighted by Crippen LogP contribution is -2.41. The molecule has 2 aromatic carbocycles. The second-order valence-corrected chi connectivity index (χ2v) is 12.6. The summed E-state index contributed by atoms with van der Waals surface area (Å²) in [4.78, 5) is 17.6. The van der Waals surface area contributed by atoms with E-state index < -0.39 is 5.60 Å². The highest BCUT2D eigenvalue weighted by Crippen LogP contribution is 2.46. The zero-order valence-corrected chi connectivity index (χ0v) is 24.7. The molecule has 4 nitrogen and oxygen atoms in total. The number of allylic oxidation sites excluding steroid dienone is 2. The van der Waals surface area contributed by atoms with Gasteiger partial charge in [-0.05, 0) is 104 Å². The molecule has 2 aliphatic rings. The number of aryl methyl sites for hydroxylation is 1. The number of hydrogen-bond acceptors (Lipinski definition) is 3. The number of nitrogens with zero attached hydrogens (tertiary/aromatic N) is 2. The van der Waals surface area contributed by atoms with Crippen molar-refractivity contribution in [1.82, 2.24) is 0 Å². The molecule has 0 saturated heterocycles. The highest BCUT2D eigenvalue weighted by atomic mass is 16.6. The number of hydrogen-bond donors (Lipinski definition) is 0. The van der Waals surface area contributed by atoms with Crippen LogP contribution in [0.3, 0.4) is 0 Å². The van der Waals surface area contributed by atoms with Crippen LogP contribution in [0.2, 0.25) is 0 Å². The van der Waals surface area contributed by atoms with Crippen molar-refractivity contribution in [3.05, 3.63) is 70.3 Å². The molecule has 2 aliphatic heterocycles. The predicted molar refractivity (Wildman–Crippen MR) is 162 cm³/mol. The maximum atomic E-state index is 13.3. The van der Waals surface area contributed by atoms with Gasteiger partial charge in [0.05, 0.1) is 5.69 Å². The number of anilines is 2. The average Bonchev–Trinajstić information content (AvgIpc) is 2.84. The lowest BCUT2D eigenvalue weighted by atomic mass is 9.80. The summed E-state index contributed by atoms with van der Waals surface area (Å²) in [5, 5.41) is 0. The van der Waals surface area contributed by atoms with Crippen LogP contribution in [0, 0.1) is 11.8 Å². The van der Waals surface area contributed by atoms with Gasteiger partial charge in [-0.25, -0.2) is 4.79 Å². The number of benzene rings is 2. The SMILES string of the molecule is CC(C)/C=C/c1ccc2c(c1)C(c1cc(/C=C/C(C)C)cc3c1N(C)CCC3)CCN2C(=O)OC(C)(C)C. The first-order chi connectivity index (χ1) is 17.9. The molecule has 0 aliphatic carbocycles. The number of fused-ring (bicyclic) bond motifs is 2. The van der Waals surface area contributed by atoms with Crippen molar-refractivity contribution < 1.29 is 9.53 Å². The van der Waals surface area contributed by atoms with Gasteiger partial charge in [-0.2, -0.15) is 0 Å². The fraction of sp³-hybridized carbons (Fsp3) is 0.500. The Hall–Kier alpha value is -3.01. The van der Waals surface area contributed by atoms with Crippen LogP contribution in [0.25, 0.3) is 12.2 Å². The number of rotatable bonds is 5. The van der Waals surface area contributed by atoms with E-state index >= 15 is 0 Å². The van der Waals surface area contributed by atoms with Gasteiger partial charge in [-0.15, -0.1) is 0 Å². The lowest BCUT2D eigenvalue weighted by molar-refractivity contribution is 0.0577. The minimum absolute atomic E-state index is 0.206. The topological polar surface area (TPSA) is 32.8 Å². The summed E-state index contributed by atoms with van der Waals surface area (Å²) in [5.41, 5.74) is 8.28. The third-order valence-electron chi connectivity index (χ3n) is 7.26. The van der Waals surface area contributed by atoms with Crippen molar-refractivity contribution in [2.24, 2.45) is 11.8 Å². The number of carbonyl (C=O) groups is 1. The van der Waals surface area contributed by atoms with Gasteiger partial charge in [0.2, 0.25) is 0 Å². The quantitative estimate of drug-likeness (QED) is 0.400. The lowest BCUT2D eigenvalue weighted by Gasteiger charge is -2.38. The van der Waals surface area contributed by atoms with E-state index in [0.717, 1.165) is 25.1 Å². The van der Waals surface area contributed by atoms with Crippen molar-refractivity contribution in [1.29, 1.82) is 0 Å². The van der Waals surface area contributed by atoms with E-state index in [1.54, 1.807) is 0 Å². The normalized spacial score (nSPS) is 18.0. The Balaban J connectivity index is 1.86. The van der Waals surface area contributed by atoms with E-state index in [9.17, 15) is 4.79 Å². The maximum Gasteiger partial charge on any atom is 0.414 e. The summed E-state index contributed by atoms with van der Waals surface area (Å²) < 4.78 is 5.82. The molecule has 0 spiro atoms. The van der Waals surface area contributed by atoms with E-state index in [1.807, 2.05) is 25.7 Å². The zero-order chi connectivity index (χ0) is 27.6. The molecule has 2 heterocycles. The number of ether oxygens (including phenoxy) is 1. The van der Waals surface area contributed by atoms with Crippen LogP contribution in [0.1, 0.15) is 95.0 Å². The molecule has 4 heteroatoms. The second-order valence-electron chi connectivity index (χ2n) is 12.6. The van der Waals surface area contributed by atoms with Crippen LogP contribution in [-0.2, 0) is 11.2 Å². The molecule has 0 N–H and O–H groups in total. The van der Waals surface area contributed by atoms with Crippen LogP contribution in [-0.4, -0.2) is 31.8 Å². The number of amides is 1. The summed E-state index contributed by atoms with van der Waals surface area (Å²) in [6, 6.07) is 11.3. The maximum absolute atomic E-state index is 13.3. The minimum Gasteiger partial charge on any atom is -0.443 e. The van der Waals surface area contributed by atoms with Gasteiger partial charge in [0.1, 0.15) is 5.60 Å². The summed E-state index contributed by atoms with van der Waals surface area (Å²) in [6.45, 7) is 16.3. The fourth-order valence-electron chi connectivity index (χ4n) is 5.55. The van der Waals surface area contributed by atoms with Gasteiger partial charge >= 0.3 is 6.09 Å². The highest BCUT2D eigenvalue weighted by Gasteiger charge is 2.34. The summed E-state index contributed by atoms with van der Waals surface area (Å²) in [7, 11) is 2.23. The van der Waals surface area contributed by atoms with E-state index in [4.69, 9.17) is 4.74 Å². The van der Waals surface area contributed by atoms with Crippen LogP contribution in [0.4, 0.5) is 16.2 Å². The van der Waals surface area contributed by atoms with E-state index in [2.05, 4.69) is 94.3 Å². The van der Waals surface area contributed by atoms with Gasteiger partial charge in [-0.1, -0.05) is 58.1 Å². The Kier molecular flexibility index (Phi) is 8.40. The molecule has 0 radical (unpaired) electrons. The third-order valence-corrected chi connectivity index (χ3v) is 7.26. The van der Waals surface area contributed by atoms with Gasteiger partial charge in [0.15, 0.2) is 0 Å². The smallest absolute Gasteiger partial charge is 0.414 e. The molecule has 1 atom stereocenters. The molecular weight excluding hydrogens is 468 g/mol. The van der Waals surface area contributed by atoms with Crippen LogP contribution in [0.5, 0.6) is 0 Å². The minimum atomic E-state index is -0.535. The van der Waals surface area contributed by atoms with Crippen LogP contribution < -0.4 is 9.80 Å². The molecule has 204 valence electrons. The molecule has 2 aromatic rings. The molecule has 1 amide bonds. The standard InChI is InChI=1S/C34H46N2O2/c1-23(2)11-13-25-15-16-31-29(21-25)28(17-19-36(31)33(37)38-34(5,6)7)30-22-26(14-12-24(3)4)20-27-10-9-18-35(8)32(27)30/h11-16,20-24,28H,9-10,17-19H2,1-8H3/b13-11+,14-12+. The Bertz CT molecular complexity index is 1220. The van der Waals surface area contributed by atoms with Gasteiger partial charge in [0, 0.05) is 31.7 Å². The Labute approximate surface area is 230 Å². The summed E-state index contributed by atoms with van der Waals surface area (Å²) in [6.07, 6.45) is 11.9. The van der Waals surface area contributed by atoms with E-state index in [-0.39, 0.29) is 12.0 Å². The van der Waals surface area contributed by atoms with Crippen LogP contribution >= 0.6 is 0 Å². The summed E-state index contributed by atoms with van der Waals surface area (Å²) in [5.74, 6) is 1.19. The molecule has 38 heavy (non-hydrogen) atoms. The first-order valence-electron chi connectivity index (χ1n) is 14.3. The van der Waals surface area contributed by atoms with Crippen molar-refractivity contribution in [3.63, 3.8) is 0 Å². The third kappa shape index (κ3) is 6.51. The van der Waals surface area contributed by atoms with Gasteiger partial charge in [-0.3, -0.25) is 4.90 Å². The van der Waals surface area contributed by atoms with Gasteiger partial charge < -0.3 is 9.64 Å². The number of carbonyl (C=O) groups excluding carboxylic acids is 1. The van der Waals surface area contributed by atoms with Gasteiger partial charge in [0.25, 0.3) is 0 Å². The van der Waals surface area contributed by atoms with Crippen LogP contribution in [0.15, 0.2) is 42.5 Å². The fourth-order valence-corrected chi connectivity index (χ4v) is 5.55. The highest BCUT2D eigenvalue weighted by molar-refractivity contribution is 5.90. The molecule has 0 bridgehead atoms. The van der Waals surface area contributed by atoms with E-state index in [0.29, 0.717) is 18.4 Å². The Morgan fingerprint density at radius 1 is 0.947 bits per heavy atom. The molecule has 1 unspecified atom stereocenters. The monoisotopic (exact) mass is 514 g/mol. The first kappa shape index (κ1) is 28.0. The molecule has 4 rings (SSSR count).